The fourth-order valence-electron chi connectivity index (χ4n) is 1.76. The molecule has 5 heteroatoms. The van der Waals surface area contributed by atoms with E-state index < -0.39 is 0 Å². The Kier molecular flexibility index (Phi) is 4.74. The zero-order chi connectivity index (χ0) is 14.5. The smallest absolute Gasteiger partial charge is 0.221 e. The predicted octanol–water partition coefficient (Wildman–Crippen LogP) is 4.16. The molecular weight excluding hydrogens is 323 g/mol. The number of nitrogens with one attached hydrogen (secondary N) is 2. The van der Waals surface area contributed by atoms with Gasteiger partial charge >= 0.3 is 0 Å². The molecule has 0 aliphatic carbocycles. The summed E-state index contributed by atoms with van der Waals surface area (Å²) in [7, 11) is 0. The largest absolute Gasteiger partial charge is 0.381 e. The van der Waals surface area contributed by atoms with Crippen LogP contribution in [0.15, 0.2) is 46.9 Å². The number of benzene rings is 2. The Morgan fingerprint density at radius 3 is 2.45 bits per heavy atom. The van der Waals surface area contributed by atoms with Gasteiger partial charge in [0.25, 0.3) is 0 Å². The van der Waals surface area contributed by atoms with Gasteiger partial charge in [0, 0.05) is 24.8 Å². The fraction of sp³-hybridized carbons (Fsp3) is 0.133. The maximum atomic E-state index is 13.4. The van der Waals surface area contributed by atoms with Crippen LogP contribution in [0.2, 0.25) is 0 Å². The van der Waals surface area contributed by atoms with Crippen LogP contribution < -0.4 is 10.6 Å². The number of amides is 1. The Balaban J connectivity index is 2.00. The van der Waals surface area contributed by atoms with Gasteiger partial charge in [0.1, 0.15) is 5.82 Å². The van der Waals surface area contributed by atoms with E-state index in [0.717, 1.165) is 16.9 Å². The van der Waals surface area contributed by atoms with Crippen molar-refractivity contribution in [3.8, 4) is 0 Å². The second-order valence-corrected chi connectivity index (χ2v) is 5.12. The highest BCUT2D eigenvalue weighted by Crippen LogP contribution is 2.22. The van der Waals surface area contributed by atoms with Crippen LogP contribution >= 0.6 is 15.9 Å². The van der Waals surface area contributed by atoms with Gasteiger partial charge in [0.15, 0.2) is 0 Å². The molecule has 0 unspecified atom stereocenters. The molecule has 104 valence electrons. The molecule has 0 saturated heterocycles. The molecular formula is C15H14BrFN2O. The minimum Gasteiger partial charge on any atom is -0.381 e. The summed E-state index contributed by atoms with van der Waals surface area (Å²) in [6.07, 6.45) is 0. The minimum atomic E-state index is -0.273. The lowest BCUT2D eigenvalue weighted by molar-refractivity contribution is -0.114. The van der Waals surface area contributed by atoms with E-state index in [4.69, 9.17) is 0 Å². The van der Waals surface area contributed by atoms with Gasteiger partial charge in [0.05, 0.1) is 4.47 Å². The van der Waals surface area contributed by atoms with Crippen molar-refractivity contribution in [2.24, 2.45) is 0 Å². The number of halogens is 2. The second kappa shape index (κ2) is 6.52. The highest BCUT2D eigenvalue weighted by Gasteiger charge is 2.04. The first kappa shape index (κ1) is 14.5. The summed E-state index contributed by atoms with van der Waals surface area (Å²) in [4.78, 5) is 10.9. The molecule has 0 spiro atoms. The molecule has 2 rings (SSSR count). The molecule has 2 aromatic carbocycles. The van der Waals surface area contributed by atoms with E-state index in [1.54, 1.807) is 6.07 Å². The van der Waals surface area contributed by atoms with Crippen molar-refractivity contribution in [2.45, 2.75) is 13.5 Å². The Morgan fingerprint density at radius 1 is 1.15 bits per heavy atom. The highest BCUT2D eigenvalue weighted by atomic mass is 79.9. The zero-order valence-electron chi connectivity index (χ0n) is 10.9. The summed E-state index contributed by atoms with van der Waals surface area (Å²) in [5.74, 6) is -0.375. The molecule has 0 bridgehead atoms. The summed E-state index contributed by atoms with van der Waals surface area (Å²) in [5.41, 5.74) is 2.49. The first-order chi connectivity index (χ1) is 9.56. The second-order valence-electron chi connectivity index (χ2n) is 4.33. The lowest BCUT2D eigenvalue weighted by Gasteiger charge is -2.09. The van der Waals surface area contributed by atoms with Crippen molar-refractivity contribution >= 4 is 33.2 Å². The van der Waals surface area contributed by atoms with Crippen LogP contribution in [-0.2, 0) is 11.3 Å². The molecule has 0 atom stereocenters. The topological polar surface area (TPSA) is 41.1 Å². The molecule has 3 nitrogen and oxygen atoms in total. The van der Waals surface area contributed by atoms with Gasteiger partial charge in [-0.05, 0) is 51.8 Å². The monoisotopic (exact) mass is 336 g/mol. The molecule has 1 amide bonds. The molecule has 0 fully saturated rings. The number of carbonyl (C=O) groups is 1. The van der Waals surface area contributed by atoms with Crippen LogP contribution in [-0.4, -0.2) is 5.91 Å². The van der Waals surface area contributed by atoms with Crippen molar-refractivity contribution in [1.82, 2.24) is 0 Å². The number of carbonyl (C=O) groups excluding carboxylic acids is 1. The zero-order valence-corrected chi connectivity index (χ0v) is 12.5. The van der Waals surface area contributed by atoms with Crippen LogP contribution in [0.1, 0.15) is 12.5 Å². The number of rotatable bonds is 4. The lowest BCUT2D eigenvalue weighted by atomic mass is 10.2. The van der Waals surface area contributed by atoms with Gasteiger partial charge in [-0.15, -0.1) is 0 Å². The van der Waals surface area contributed by atoms with Gasteiger partial charge < -0.3 is 10.6 Å². The summed E-state index contributed by atoms with van der Waals surface area (Å²) < 4.78 is 13.8. The Labute approximate surface area is 125 Å². The van der Waals surface area contributed by atoms with E-state index in [1.807, 2.05) is 30.3 Å². The van der Waals surface area contributed by atoms with Gasteiger partial charge in [0.2, 0.25) is 5.91 Å². The van der Waals surface area contributed by atoms with E-state index in [1.165, 1.54) is 13.0 Å². The quantitative estimate of drug-likeness (QED) is 0.880. The van der Waals surface area contributed by atoms with Crippen LogP contribution in [0.25, 0.3) is 0 Å². The molecule has 0 aliphatic heterocycles. The maximum absolute atomic E-state index is 13.4. The third-order valence-electron chi connectivity index (χ3n) is 2.72. The Bertz CT molecular complexity index is 614. The number of hydrogen-bond acceptors (Lipinski definition) is 2. The molecule has 0 aliphatic rings. The van der Waals surface area contributed by atoms with Crippen LogP contribution in [0.4, 0.5) is 15.8 Å². The van der Waals surface area contributed by atoms with Crippen molar-refractivity contribution < 1.29 is 9.18 Å². The SMILES string of the molecule is CC(=O)Nc1ccc(NCc2cccc(F)c2Br)cc1. The van der Waals surface area contributed by atoms with Gasteiger partial charge in [-0.25, -0.2) is 4.39 Å². The standard InChI is InChI=1S/C15H14BrFN2O/c1-10(20)19-13-7-5-12(6-8-13)18-9-11-3-2-4-14(17)15(11)16/h2-8,18H,9H2,1H3,(H,19,20). The van der Waals surface area contributed by atoms with Crippen molar-refractivity contribution in [3.63, 3.8) is 0 Å². The first-order valence-corrected chi connectivity index (χ1v) is 6.90. The third kappa shape index (κ3) is 3.81. The van der Waals surface area contributed by atoms with Gasteiger partial charge in [-0.3, -0.25) is 4.79 Å². The normalized spacial score (nSPS) is 10.2. The van der Waals surface area contributed by atoms with Crippen LogP contribution in [0.3, 0.4) is 0 Å². The summed E-state index contributed by atoms with van der Waals surface area (Å²) >= 11 is 3.23. The lowest BCUT2D eigenvalue weighted by Crippen LogP contribution is -2.06. The number of hydrogen-bond donors (Lipinski definition) is 2. The van der Waals surface area contributed by atoms with Gasteiger partial charge in [-0.2, -0.15) is 0 Å². The maximum Gasteiger partial charge on any atom is 0.221 e. The summed E-state index contributed by atoms with van der Waals surface area (Å²) in [6, 6.07) is 12.3. The molecule has 2 N–H and O–H groups in total. The third-order valence-corrected chi connectivity index (χ3v) is 3.61. The molecule has 0 radical (unpaired) electrons. The molecule has 2 aromatic rings. The Morgan fingerprint density at radius 2 is 1.80 bits per heavy atom. The van der Waals surface area contributed by atoms with Crippen LogP contribution in [0.5, 0.6) is 0 Å². The van der Waals surface area contributed by atoms with E-state index in [-0.39, 0.29) is 11.7 Å². The average molecular weight is 337 g/mol. The average Bonchev–Trinajstić information content (AvgIpc) is 2.41. The Hall–Kier alpha value is -1.88. The molecule has 0 aromatic heterocycles. The highest BCUT2D eigenvalue weighted by molar-refractivity contribution is 9.10. The van der Waals surface area contributed by atoms with Crippen molar-refractivity contribution in [2.75, 3.05) is 10.6 Å². The van der Waals surface area contributed by atoms with Crippen molar-refractivity contribution in [1.29, 1.82) is 0 Å². The minimum absolute atomic E-state index is 0.102. The summed E-state index contributed by atoms with van der Waals surface area (Å²) in [6.45, 7) is 1.98. The van der Waals surface area contributed by atoms with Crippen molar-refractivity contribution in [3.05, 3.63) is 58.3 Å². The summed E-state index contributed by atoms with van der Waals surface area (Å²) in [5, 5.41) is 5.90. The molecule has 20 heavy (non-hydrogen) atoms. The van der Waals surface area contributed by atoms with Gasteiger partial charge in [-0.1, -0.05) is 12.1 Å². The first-order valence-electron chi connectivity index (χ1n) is 6.10. The van der Waals surface area contributed by atoms with E-state index in [0.29, 0.717) is 11.0 Å². The van der Waals surface area contributed by atoms with E-state index >= 15 is 0 Å². The molecule has 0 heterocycles. The fourth-order valence-corrected chi connectivity index (χ4v) is 2.16. The van der Waals surface area contributed by atoms with E-state index in [2.05, 4.69) is 26.6 Å². The number of anilines is 2. The van der Waals surface area contributed by atoms with Crippen LogP contribution in [0, 0.1) is 5.82 Å². The van der Waals surface area contributed by atoms with E-state index in [9.17, 15) is 9.18 Å². The predicted molar refractivity (Wildman–Crippen MR) is 82.2 cm³/mol. The molecule has 0 saturated carbocycles.